The number of rotatable bonds is 12. The second kappa shape index (κ2) is 12.6. The van der Waals surface area contributed by atoms with Gasteiger partial charge < -0.3 is 21.3 Å². The van der Waals surface area contributed by atoms with Crippen LogP contribution in [0.25, 0.3) is 0 Å². The average molecular weight is 481 g/mol. The summed E-state index contributed by atoms with van der Waals surface area (Å²) in [6, 6.07) is 7.65. The number of aromatic nitrogens is 2. The van der Waals surface area contributed by atoms with Crippen molar-refractivity contribution in [1.82, 2.24) is 20.2 Å². The van der Waals surface area contributed by atoms with Gasteiger partial charge in [-0.05, 0) is 48.4 Å². The van der Waals surface area contributed by atoms with Gasteiger partial charge in [-0.3, -0.25) is 14.4 Å². The topological polar surface area (TPSA) is 130 Å². The number of carbonyl (C=O) groups is 3. The summed E-state index contributed by atoms with van der Waals surface area (Å²) in [5, 5.41) is 6.06. The number of nitrogens with two attached hydrogens (primary N) is 1. The molecule has 1 aromatic heterocycles. The second-order valence-corrected chi connectivity index (χ2v) is 8.98. The molecule has 9 nitrogen and oxygen atoms in total. The van der Waals surface area contributed by atoms with Crippen LogP contribution in [0, 0.1) is 5.92 Å². The number of nitrogens with one attached hydrogen (secondary N) is 2. The van der Waals surface area contributed by atoms with Gasteiger partial charge in [0.2, 0.25) is 11.8 Å². The lowest BCUT2D eigenvalue weighted by Crippen LogP contribution is -2.38. The highest BCUT2D eigenvalue weighted by molar-refractivity contribution is 5.96. The zero-order chi connectivity index (χ0) is 26.1. The first-order chi connectivity index (χ1) is 16.5. The third-order valence-electron chi connectivity index (χ3n) is 5.48. The lowest BCUT2D eigenvalue weighted by atomic mass is 10.0. The monoisotopic (exact) mass is 480 g/mol. The van der Waals surface area contributed by atoms with Gasteiger partial charge in [-0.1, -0.05) is 46.4 Å². The van der Waals surface area contributed by atoms with Crippen molar-refractivity contribution in [2.24, 2.45) is 11.7 Å². The van der Waals surface area contributed by atoms with E-state index < -0.39 is 5.91 Å². The van der Waals surface area contributed by atoms with Crippen molar-refractivity contribution in [3.63, 3.8) is 0 Å². The number of likely N-dealkylation sites (N-methyl/N-ethyl adjacent to an activating group) is 1. The van der Waals surface area contributed by atoms with Crippen LogP contribution >= 0.6 is 0 Å². The summed E-state index contributed by atoms with van der Waals surface area (Å²) in [6.07, 6.45) is 2.57. The molecule has 0 fully saturated rings. The first-order valence-electron chi connectivity index (χ1n) is 11.8. The van der Waals surface area contributed by atoms with E-state index in [0.29, 0.717) is 24.7 Å². The summed E-state index contributed by atoms with van der Waals surface area (Å²) in [5.74, 6) is -0.484. The minimum atomic E-state index is -0.641. The molecule has 0 spiro atoms. The predicted octanol–water partition coefficient (Wildman–Crippen LogP) is 2.94. The molecule has 0 radical (unpaired) electrons. The average Bonchev–Trinajstić information content (AvgIpc) is 2.81. The third-order valence-corrected chi connectivity index (χ3v) is 5.48. The normalized spacial score (nSPS) is 11.6. The Morgan fingerprint density at radius 2 is 1.89 bits per heavy atom. The number of primary amides is 1. The highest BCUT2D eigenvalue weighted by Crippen LogP contribution is 2.24. The molecule has 2 rings (SSSR count). The van der Waals surface area contributed by atoms with Gasteiger partial charge in [0.15, 0.2) is 11.5 Å². The lowest BCUT2D eigenvalue weighted by Gasteiger charge is -2.18. The summed E-state index contributed by atoms with van der Waals surface area (Å²) >= 11 is 0. The zero-order valence-electron chi connectivity index (χ0n) is 21.2. The van der Waals surface area contributed by atoms with Crippen LogP contribution in [0.5, 0.6) is 0 Å². The van der Waals surface area contributed by atoms with E-state index >= 15 is 0 Å². The van der Waals surface area contributed by atoms with Crippen molar-refractivity contribution in [2.75, 3.05) is 25.5 Å². The van der Waals surface area contributed by atoms with Crippen molar-refractivity contribution >= 4 is 29.2 Å². The van der Waals surface area contributed by atoms with Gasteiger partial charge in [-0.2, -0.15) is 0 Å². The molecule has 9 heteroatoms. The van der Waals surface area contributed by atoms with Crippen molar-refractivity contribution in [2.45, 2.75) is 46.5 Å². The number of hydrogen-bond acceptors (Lipinski definition) is 6. The van der Waals surface area contributed by atoms with Gasteiger partial charge in [-0.25, -0.2) is 9.97 Å². The van der Waals surface area contributed by atoms with E-state index in [-0.39, 0.29) is 30.0 Å². The third kappa shape index (κ3) is 7.91. The Hall–Kier alpha value is -3.75. The summed E-state index contributed by atoms with van der Waals surface area (Å²) in [5.41, 5.74) is 9.04. The largest absolute Gasteiger partial charge is 0.364 e. The Morgan fingerprint density at radius 1 is 1.17 bits per heavy atom. The van der Waals surface area contributed by atoms with Crippen LogP contribution in [-0.2, 0) is 22.4 Å². The molecule has 0 aliphatic heterocycles. The van der Waals surface area contributed by atoms with Gasteiger partial charge >= 0.3 is 0 Å². The van der Waals surface area contributed by atoms with E-state index in [0.717, 1.165) is 29.1 Å². The van der Waals surface area contributed by atoms with Gasteiger partial charge in [0.05, 0.1) is 17.9 Å². The Morgan fingerprint density at radius 3 is 2.49 bits per heavy atom. The minimum absolute atomic E-state index is 0.00164. The van der Waals surface area contributed by atoms with Gasteiger partial charge in [0.25, 0.3) is 5.91 Å². The van der Waals surface area contributed by atoms with Crippen molar-refractivity contribution in [3.8, 4) is 0 Å². The fourth-order valence-electron chi connectivity index (χ4n) is 3.55. The molecule has 1 atom stereocenters. The second-order valence-electron chi connectivity index (χ2n) is 8.98. The number of amides is 3. The first-order valence-corrected chi connectivity index (χ1v) is 11.8. The maximum absolute atomic E-state index is 12.2. The molecule has 188 valence electrons. The number of hydrogen-bond donors (Lipinski definition) is 3. The number of nitrogens with zero attached hydrogens (tertiary/aromatic N) is 3. The molecular weight excluding hydrogens is 444 g/mol. The molecule has 1 aromatic carbocycles. The molecule has 2 aromatic rings. The van der Waals surface area contributed by atoms with Crippen LogP contribution < -0.4 is 16.4 Å². The van der Waals surface area contributed by atoms with E-state index in [1.807, 2.05) is 38.1 Å². The SMILES string of the molecule is C=CC(=O)N(C)CC(=O)NCC(C)c1cccc(Nc2nc(CC(C)C)c(CC)nc2C(N)=O)c1. The van der Waals surface area contributed by atoms with Gasteiger partial charge in [-0.15, -0.1) is 0 Å². The predicted molar refractivity (Wildman–Crippen MR) is 137 cm³/mol. The molecule has 1 heterocycles. The number of aryl methyl sites for hydroxylation is 1. The summed E-state index contributed by atoms with van der Waals surface area (Å²) in [4.78, 5) is 46.3. The zero-order valence-corrected chi connectivity index (χ0v) is 21.2. The standard InChI is InChI=1S/C26H36N6O3/c1-7-20-21(12-16(3)4)31-26(24(30-20)25(27)35)29-19-11-9-10-18(13-19)17(5)14-28-22(33)15-32(6)23(34)8-2/h8-11,13,16-17H,2,7,12,14-15H2,1,3-6H3,(H2,27,35)(H,28,33)(H,29,31). The molecular formula is C26H36N6O3. The maximum Gasteiger partial charge on any atom is 0.271 e. The van der Waals surface area contributed by atoms with Crippen LogP contribution in [0.2, 0.25) is 0 Å². The summed E-state index contributed by atoms with van der Waals surface area (Å²) in [7, 11) is 1.55. The molecule has 1 unspecified atom stereocenters. The van der Waals surface area contributed by atoms with E-state index in [4.69, 9.17) is 10.7 Å². The molecule has 4 N–H and O–H groups in total. The lowest BCUT2D eigenvalue weighted by molar-refractivity contribution is -0.131. The molecule has 0 saturated heterocycles. The fraction of sp³-hybridized carbons (Fsp3) is 0.423. The van der Waals surface area contributed by atoms with Crippen LogP contribution in [-0.4, -0.2) is 52.7 Å². The number of carbonyl (C=O) groups excluding carboxylic acids is 3. The van der Waals surface area contributed by atoms with Crippen LogP contribution in [0.15, 0.2) is 36.9 Å². The molecule has 0 aliphatic carbocycles. The highest BCUT2D eigenvalue weighted by Gasteiger charge is 2.18. The Balaban J connectivity index is 2.18. The van der Waals surface area contributed by atoms with Gasteiger partial charge in [0.1, 0.15) is 0 Å². The smallest absolute Gasteiger partial charge is 0.271 e. The maximum atomic E-state index is 12.2. The van der Waals surface area contributed by atoms with Gasteiger partial charge in [0, 0.05) is 19.3 Å². The molecule has 35 heavy (non-hydrogen) atoms. The minimum Gasteiger partial charge on any atom is -0.364 e. The first kappa shape index (κ1) is 27.5. The van der Waals surface area contributed by atoms with Crippen molar-refractivity contribution < 1.29 is 14.4 Å². The van der Waals surface area contributed by atoms with E-state index in [9.17, 15) is 14.4 Å². The Bertz CT molecular complexity index is 1080. The fourth-order valence-corrected chi connectivity index (χ4v) is 3.55. The molecule has 0 saturated carbocycles. The van der Waals surface area contributed by atoms with Crippen molar-refractivity contribution in [1.29, 1.82) is 0 Å². The Labute approximate surface area is 207 Å². The number of benzene rings is 1. The summed E-state index contributed by atoms with van der Waals surface area (Å²) in [6.45, 7) is 12.0. The van der Waals surface area contributed by atoms with E-state index in [2.05, 4.69) is 36.0 Å². The summed E-state index contributed by atoms with van der Waals surface area (Å²) < 4.78 is 0. The van der Waals surface area contributed by atoms with Crippen LogP contribution in [0.3, 0.4) is 0 Å². The quantitative estimate of drug-likeness (QED) is 0.401. The highest BCUT2D eigenvalue weighted by atomic mass is 16.2. The van der Waals surface area contributed by atoms with Crippen LogP contribution in [0.1, 0.15) is 61.1 Å². The van der Waals surface area contributed by atoms with Crippen molar-refractivity contribution in [3.05, 3.63) is 59.6 Å². The molecule has 0 bridgehead atoms. The van der Waals surface area contributed by atoms with E-state index in [1.165, 1.54) is 11.0 Å². The Kier molecular flexibility index (Phi) is 9.93. The molecule has 0 aliphatic rings. The number of anilines is 2. The van der Waals surface area contributed by atoms with Crippen LogP contribution in [0.4, 0.5) is 11.5 Å². The van der Waals surface area contributed by atoms with E-state index in [1.54, 1.807) is 7.05 Å². The molecule has 3 amide bonds.